The maximum absolute atomic E-state index is 14.2. The molecule has 0 spiro atoms. The van der Waals surface area contributed by atoms with E-state index < -0.39 is 21.3 Å². The molecule has 4 fully saturated rings. The van der Waals surface area contributed by atoms with Gasteiger partial charge in [-0.1, -0.05) is 43.3 Å². The Morgan fingerprint density at radius 3 is 2.37 bits per heavy atom. The highest BCUT2D eigenvalue weighted by molar-refractivity contribution is 7.99. The molecule has 2 aromatic carbocycles. The van der Waals surface area contributed by atoms with E-state index in [4.69, 9.17) is 9.29 Å². The largest absolute Gasteiger partial charge is 0.448 e. The number of nitrogens with zero attached hydrogens (tertiary/aromatic N) is 3. The Morgan fingerprint density at radius 2 is 1.74 bits per heavy atom. The highest BCUT2D eigenvalue weighted by Crippen LogP contribution is 2.64. The van der Waals surface area contributed by atoms with Crippen LogP contribution < -0.4 is 0 Å². The van der Waals surface area contributed by atoms with Crippen molar-refractivity contribution in [2.24, 2.45) is 16.7 Å². The number of fused-ring (bicyclic) bond motifs is 4. The second kappa shape index (κ2) is 12.8. The third-order valence-electron chi connectivity index (χ3n) is 11.1. The van der Waals surface area contributed by atoms with Gasteiger partial charge in [0, 0.05) is 61.5 Å². The van der Waals surface area contributed by atoms with Crippen LogP contribution in [0.3, 0.4) is 0 Å². The van der Waals surface area contributed by atoms with Gasteiger partial charge in [-0.15, -0.1) is 0 Å². The molecule has 250 valence electrons. The standard InChI is InChI=1S/C24H28FN3O2S.C10H16O4S/c1-17-2-4-22-18(14-17)15-21(20-16-19(25)3-5-23(20)31-22)27-9-6-26(7-10-27)8-11-28-12-13-30-24(28)29;1-9(2)7-3-4-10(9,8(11)5-7)6-15(12,13)14/h2-5,14,16,21H,6-13,15H2,1H3;7H,3-6H2,1-2H3,(H,12,13,14)/t21-;7?,10-/m10/s1. The van der Waals surface area contributed by atoms with Crippen molar-refractivity contribution in [3.63, 3.8) is 0 Å². The van der Waals surface area contributed by atoms with E-state index in [-0.39, 0.29) is 35.1 Å². The van der Waals surface area contributed by atoms with Crippen molar-refractivity contribution in [2.45, 2.75) is 62.3 Å². The molecule has 3 atom stereocenters. The zero-order valence-corrected chi connectivity index (χ0v) is 28.5. The predicted octanol–water partition coefficient (Wildman–Crippen LogP) is 5.22. The normalized spacial score (nSPS) is 27.5. The molecule has 2 bridgehead atoms. The van der Waals surface area contributed by atoms with Gasteiger partial charge in [-0.25, -0.2) is 9.18 Å². The summed E-state index contributed by atoms with van der Waals surface area (Å²) in [6.07, 6.45) is 2.68. The smallest absolute Gasteiger partial charge is 0.409 e. The lowest BCUT2D eigenvalue weighted by molar-refractivity contribution is -0.128. The monoisotopic (exact) mass is 673 g/mol. The molecule has 7 rings (SSSR count). The third kappa shape index (κ3) is 6.60. The van der Waals surface area contributed by atoms with E-state index in [2.05, 4.69) is 34.9 Å². The predicted molar refractivity (Wildman–Crippen MR) is 174 cm³/mol. The number of Topliss-reactive ketones (excluding diaryl/α,β-unsaturated/α-hetero) is 1. The van der Waals surface area contributed by atoms with Crippen LogP contribution in [0.1, 0.15) is 55.8 Å². The molecule has 2 saturated heterocycles. The van der Waals surface area contributed by atoms with Crippen LogP contribution in [0.4, 0.5) is 9.18 Å². The van der Waals surface area contributed by atoms with Crippen molar-refractivity contribution in [1.29, 1.82) is 0 Å². The third-order valence-corrected chi connectivity index (χ3v) is 13.2. The molecule has 2 aromatic rings. The molecular formula is C34H44FN3O6S2. The minimum absolute atomic E-state index is 0.0152. The van der Waals surface area contributed by atoms with E-state index in [0.717, 1.165) is 62.6 Å². The molecule has 1 unspecified atom stereocenters. The van der Waals surface area contributed by atoms with Gasteiger partial charge in [-0.3, -0.25) is 19.1 Å². The Balaban J connectivity index is 0.000000208. The van der Waals surface area contributed by atoms with Gasteiger partial charge in [0.05, 0.1) is 17.7 Å². The molecule has 2 aliphatic carbocycles. The van der Waals surface area contributed by atoms with E-state index in [1.807, 2.05) is 19.9 Å². The van der Waals surface area contributed by atoms with E-state index in [9.17, 15) is 22.4 Å². The van der Waals surface area contributed by atoms with Gasteiger partial charge in [0.15, 0.2) is 0 Å². The molecule has 2 saturated carbocycles. The van der Waals surface area contributed by atoms with Crippen LogP contribution in [0.5, 0.6) is 0 Å². The van der Waals surface area contributed by atoms with Crippen molar-refractivity contribution in [3.05, 3.63) is 58.9 Å². The number of aryl methyl sites for hydroxylation is 1. The van der Waals surface area contributed by atoms with Gasteiger partial charge in [-0.05, 0) is 72.9 Å². The topological polar surface area (TPSA) is 107 Å². The van der Waals surface area contributed by atoms with Crippen molar-refractivity contribution in [2.75, 3.05) is 58.2 Å². The number of rotatable bonds is 6. The second-order valence-electron chi connectivity index (χ2n) is 14.0. The summed E-state index contributed by atoms with van der Waals surface area (Å²) in [5.41, 5.74) is 2.60. The fourth-order valence-corrected chi connectivity index (χ4v) is 10.6. The fraction of sp³-hybridized carbons (Fsp3) is 0.588. The number of cyclic esters (lactones) is 1. The minimum atomic E-state index is -4.08. The molecule has 9 nitrogen and oxygen atoms in total. The zero-order chi connectivity index (χ0) is 32.9. The summed E-state index contributed by atoms with van der Waals surface area (Å²) in [7, 11) is -4.08. The summed E-state index contributed by atoms with van der Waals surface area (Å²) in [5.74, 6) is -0.266. The number of hydrogen-bond acceptors (Lipinski definition) is 8. The number of halogens is 1. The van der Waals surface area contributed by atoms with Crippen molar-refractivity contribution >= 4 is 33.8 Å². The van der Waals surface area contributed by atoms with Gasteiger partial charge in [0.1, 0.15) is 18.2 Å². The molecular weight excluding hydrogens is 630 g/mol. The lowest BCUT2D eigenvalue weighted by Crippen LogP contribution is -2.49. The number of carbonyl (C=O) groups excluding carboxylic acids is 2. The highest BCUT2D eigenvalue weighted by Gasteiger charge is 2.65. The summed E-state index contributed by atoms with van der Waals surface area (Å²) in [6.45, 7) is 12.6. The van der Waals surface area contributed by atoms with Gasteiger partial charge < -0.3 is 9.64 Å². The first-order valence-corrected chi connectivity index (χ1v) is 18.6. The average molecular weight is 674 g/mol. The number of hydrogen-bond donors (Lipinski definition) is 1. The first-order valence-electron chi connectivity index (χ1n) is 16.2. The summed E-state index contributed by atoms with van der Waals surface area (Å²) in [5, 5.41) is 0. The van der Waals surface area contributed by atoms with Gasteiger partial charge in [0.2, 0.25) is 0 Å². The second-order valence-corrected chi connectivity index (χ2v) is 16.5. The molecule has 46 heavy (non-hydrogen) atoms. The summed E-state index contributed by atoms with van der Waals surface area (Å²) >= 11 is 1.76. The van der Waals surface area contributed by atoms with E-state index in [1.165, 1.54) is 16.0 Å². The number of benzene rings is 2. The highest BCUT2D eigenvalue weighted by atomic mass is 32.2. The summed E-state index contributed by atoms with van der Waals surface area (Å²) in [6, 6.07) is 12.1. The van der Waals surface area contributed by atoms with Crippen LogP contribution in [0.25, 0.3) is 0 Å². The summed E-state index contributed by atoms with van der Waals surface area (Å²) < 4.78 is 50.2. The van der Waals surface area contributed by atoms with Crippen LogP contribution in [0.15, 0.2) is 46.2 Å². The number of piperazine rings is 1. The first-order chi connectivity index (χ1) is 21.8. The van der Waals surface area contributed by atoms with Crippen molar-refractivity contribution in [1.82, 2.24) is 14.7 Å². The van der Waals surface area contributed by atoms with Crippen LogP contribution in [-0.2, 0) is 26.1 Å². The molecule has 3 aliphatic heterocycles. The molecule has 5 aliphatic rings. The number of ketones is 1. The fourth-order valence-electron chi connectivity index (χ4n) is 8.21. The lowest BCUT2D eigenvalue weighted by atomic mass is 9.70. The Hall–Kier alpha value is -2.51. The number of ether oxygens (including phenoxy) is 1. The van der Waals surface area contributed by atoms with Crippen molar-refractivity contribution in [3.8, 4) is 0 Å². The average Bonchev–Trinajstić information content (AvgIpc) is 3.52. The molecule has 0 aromatic heterocycles. The molecule has 3 heterocycles. The van der Waals surface area contributed by atoms with Crippen LogP contribution in [0.2, 0.25) is 0 Å². The molecule has 1 amide bonds. The van der Waals surface area contributed by atoms with Crippen molar-refractivity contribution < 1.29 is 31.7 Å². The SMILES string of the molecule is CC1(C)C2CC[C@]1(CS(=O)(=O)O)C(=O)C2.Cc1ccc2c(c1)C[C@@H](N1CCN(CCN3CCOC3=O)CC1)c1cc(F)ccc1S2. The Bertz CT molecular complexity index is 1610. The molecule has 0 radical (unpaired) electrons. The maximum Gasteiger partial charge on any atom is 0.409 e. The van der Waals surface area contributed by atoms with E-state index in [1.54, 1.807) is 28.8 Å². The van der Waals surface area contributed by atoms with E-state index >= 15 is 0 Å². The van der Waals surface area contributed by atoms with Gasteiger partial charge >= 0.3 is 6.09 Å². The number of carbonyl (C=O) groups is 2. The molecule has 1 N–H and O–H groups in total. The van der Waals surface area contributed by atoms with Crippen LogP contribution >= 0.6 is 11.8 Å². The van der Waals surface area contributed by atoms with Gasteiger partial charge in [-0.2, -0.15) is 8.42 Å². The Kier molecular flexibility index (Phi) is 9.32. The maximum atomic E-state index is 14.2. The van der Waals surface area contributed by atoms with Gasteiger partial charge in [0.25, 0.3) is 10.1 Å². The number of amides is 1. The van der Waals surface area contributed by atoms with E-state index in [0.29, 0.717) is 26.0 Å². The van der Waals surface area contributed by atoms with Crippen LogP contribution in [-0.4, -0.2) is 97.7 Å². The van der Waals surface area contributed by atoms with Crippen LogP contribution in [0, 0.1) is 29.5 Å². The molecule has 12 heteroatoms. The first kappa shape index (κ1) is 33.4. The lowest BCUT2D eigenvalue weighted by Gasteiger charge is -2.40. The Labute approximate surface area is 275 Å². The zero-order valence-electron chi connectivity index (χ0n) is 26.8. The summed E-state index contributed by atoms with van der Waals surface area (Å²) in [4.78, 5) is 32.7. The minimum Gasteiger partial charge on any atom is -0.448 e. The Morgan fingerprint density at radius 1 is 1.00 bits per heavy atom. The quantitative estimate of drug-likeness (QED) is 0.413.